The minimum absolute atomic E-state index is 0.181. The molecule has 19 heavy (non-hydrogen) atoms. The summed E-state index contributed by atoms with van der Waals surface area (Å²) in [6.45, 7) is 0. The summed E-state index contributed by atoms with van der Waals surface area (Å²) in [4.78, 5) is 0.903. The zero-order valence-electron chi connectivity index (χ0n) is 9.56. The fourth-order valence-corrected chi connectivity index (χ4v) is 3.39. The minimum atomic E-state index is -0.325. The van der Waals surface area contributed by atoms with Crippen molar-refractivity contribution in [3.8, 4) is 21.7 Å². The van der Waals surface area contributed by atoms with E-state index >= 15 is 0 Å². The number of benzene rings is 1. The molecule has 0 aliphatic rings. The second-order valence-electron chi connectivity index (χ2n) is 3.88. The summed E-state index contributed by atoms with van der Waals surface area (Å²) in [5.41, 5.74) is 7.69. The van der Waals surface area contributed by atoms with Gasteiger partial charge in [0.1, 0.15) is 11.5 Å². The summed E-state index contributed by atoms with van der Waals surface area (Å²) in [5, 5.41) is 5.91. The van der Waals surface area contributed by atoms with Crippen LogP contribution in [0, 0.1) is 5.82 Å². The summed E-state index contributed by atoms with van der Waals surface area (Å²) >= 11 is 4.96. The van der Waals surface area contributed by atoms with Crippen molar-refractivity contribution >= 4 is 33.2 Å². The third-order valence-electron chi connectivity index (χ3n) is 2.66. The van der Waals surface area contributed by atoms with E-state index in [4.69, 9.17) is 10.3 Å². The van der Waals surface area contributed by atoms with Crippen molar-refractivity contribution in [2.24, 2.45) is 0 Å². The number of nitrogen functional groups attached to an aromatic ring is 1. The van der Waals surface area contributed by atoms with E-state index in [1.54, 1.807) is 12.1 Å². The number of nitrogens with zero attached hydrogens (tertiary/aromatic N) is 1. The molecule has 0 saturated heterocycles. The summed E-state index contributed by atoms with van der Waals surface area (Å²) in [7, 11) is 0. The molecule has 1 aromatic carbocycles. The van der Waals surface area contributed by atoms with E-state index in [-0.39, 0.29) is 11.7 Å². The predicted molar refractivity (Wildman–Crippen MR) is 77.3 cm³/mol. The number of anilines is 1. The van der Waals surface area contributed by atoms with E-state index < -0.39 is 0 Å². The van der Waals surface area contributed by atoms with Gasteiger partial charge in [-0.2, -0.15) is 0 Å². The van der Waals surface area contributed by atoms with Crippen molar-refractivity contribution in [3.63, 3.8) is 0 Å². The first-order valence-electron chi connectivity index (χ1n) is 5.41. The third-order valence-corrected chi connectivity index (χ3v) is 4.51. The smallest absolute Gasteiger partial charge is 0.230 e. The Balaban J connectivity index is 2.22. The topological polar surface area (TPSA) is 52.0 Å². The number of rotatable bonds is 2. The van der Waals surface area contributed by atoms with Gasteiger partial charge in [0, 0.05) is 4.47 Å². The summed E-state index contributed by atoms with van der Waals surface area (Å²) in [6, 6.07) is 8.11. The normalized spacial score (nSPS) is 10.8. The van der Waals surface area contributed by atoms with Gasteiger partial charge in [-0.3, -0.25) is 0 Å². The Morgan fingerprint density at radius 2 is 2.16 bits per heavy atom. The van der Waals surface area contributed by atoms with Gasteiger partial charge >= 0.3 is 0 Å². The molecule has 0 unspecified atom stereocenters. The molecule has 2 aromatic heterocycles. The highest BCUT2D eigenvalue weighted by Gasteiger charge is 2.20. The number of hydrogen-bond acceptors (Lipinski definition) is 4. The maximum Gasteiger partial charge on any atom is 0.230 e. The van der Waals surface area contributed by atoms with Crippen molar-refractivity contribution in [1.29, 1.82) is 0 Å². The molecule has 0 bridgehead atoms. The maximum atomic E-state index is 13.3. The molecule has 0 aliphatic carbocycles. The van der Waals surface area contributed by atoms with Crippen LogP contribution in [-0.4, -0.2) is 5.16 Å². The molecule has 6 heteroatoms. The lowest BCUT2D eigenvalue weighted by molar-refractivity contribution is 0.439. The molecule has 0 aliphatic heterocycles. The number of thiophene rings is 1. The van der Waals surface area contributed by atoms with Crippen LogP contribution in [0.5, 0.6) is 0 Å². The Labute approximate surface area is 121 Å². The van der Waals surface area contributed by atoms with Gasteiger partial charge in [0.05, 0.1) is 10.4 Å². The average Bonchev–Trinajstić information content (AvgIpc) is 2.95. The van der Waals surface area contributed by atoms with Gasteiger partial charge in [0.25, 0.3) is 0 Å². The fraction of sp³-hybridized carbons (Fsp3) is 0. The molecule has 2 N–H and O–H groups in total. The molecule has 3 aromatic rings. The van der Waals surface area contributed by atoms with Gasteiger partial charge in [0.2, 0.25) is 5.88 Å². The first-order valence-corrected chi connectivity index (χ1v) is 7.08. The lowest BCUT2D eigenvalue weighted by Crippen LogP contribution is -1.87. The number of nitrogens with two attached hydrogens (primary N) is 1. The zero-order chi connectivity index (χ0) is 13.4. The predicted octanol–water partition coefficient (Wildman–Crippen LogP) is 4.55. The van der Waals surface area contributed by atoms with E-state index in [1.165, 1.54) is 23.5 Å². The van der Waals surface area contributed by atoms with Crippen molar-refractivity contribution < 1.29 is 8.91 Å². The highest BCUT2D eigenvalue weighted by molar-refractivity contribution is 9.10. The quantitative estimate of drug-likeness (QED) is 0.745. The van der Waals surface area contributed by atoms with Crippen LogP contribution in [-0.2, 0) is 0 Å². The lowest BCUT2D eigenvalue weighted by atomic mass is 10.0. The molecule has 0 radical (unpaired) electrons. The van der Waals surface area contributed by atoms with Crippen molar-refractivity contribution in [3.05, 3.63) is 46.0 Å². The molecule has 0 amide bonds. The Hall–Kier alpha value is -1.66. The van der Waals surface area contributed by atoms with Crippen LogP contribution < -0.4 is 5.73 Å². The van der Waals surface area contributed by atoms with Gasteiger partial charge in [-0.25, -0.2) is 4.39 Å². The van der Waals surface area contributed by atoms with Crippen LogP contribution in [0.25, 0.3) is 21.7 Å². The molecule has 3 nitrogen and oxygen atoms in total. The fourth-order valence-electron chi connectivity index (χ4n) is 1.84. The Bertz CT molecular complexity index is 738. The van der Waals surface area contributed by atoms with Crippen LogP contribution >= 0.6 is 27.3 Å². The SMILES string of the molecule is Nc1onc(-c2sccc2Br)c1-c1cccc(F)c1. The molecule has 96 valence electrons. The monoisotopic (exact) mass is 338 g/mol. The van der Waals surface area contributed by atoms with Crippen LogP contribution in [0.4, 0.5) is 10.3 Å². The Morgan fingerprint density at radius 1 is 1.32 bits per heavy atom. The molecule has 0 atom stereocenters. The van der Waals surface area contributed by atoms with Gasteiger partial charge in [-0.05, 0) is 45.1 Å². The summed E-state index contributed by atoms with van der Waals surface area (Å²) in [6.07, 6.45) is 0. The minimum Gasteiger partial charge on any atom is -0.367 e. The lowest BCUT2D eigenvalue weighted by Gasteiger charge is -2.02. The van der Waals surface area contributed by atoms with Gasteiger partial charge in [0.15, 0.2) is 0 Å². The van der Waals surface area contributed by atoms with Crippen molar-refractivity contribution in [2.75, 3.05) is 5.73 Å². The summed E-state index contributed by atoms with van der Waals surface area (Å²) in [5.74, 6) is -0.143. The maximum absolute atomic E-state index is 13.3. The van der Waals surface area contributed by atoms with Crippen LogP contribution in [0.1, 0.15) is 0 Å². The van der Waals surface area contributed by atoms with Gasteiger partial charge < -0.3 is 10.3 Å². The van der Waals surface area contributed by atoms with Crippen molar-refractivity contribution in [1.82, 2.24) is 5.16 Å². The molecule has 0 spiro atoms. The Kier molecular flexibility index (Phi) is 3.12. The second kappa shape index (κ2) is 4.79. The first kappa shape index (κ1) is 12.4. The number of hydrogen-bond donors (Lipinski definition) is 1. The van der Waals surface area contributed by atoms with Gasteiger partial charge in [-0.15, -0.1) is 11.3 Å². The number of halogens is 2. The van der Waals surface area contributed by atoms with E-state index in [0.29, 0.717) is 16.8 Å². The highest BCUT2D eigenvalue weighted by Crippen LogP contribution is 2.41. The van der Waals surface area contributed by atoms with Crippen LogP contribution in [0.3, 0.4) is 0 Å². The second-order valence-corrected chi connectivity index (χ2v) is 5.65. The van der Waals surface area contributed by atoms with Crippen molar-refractivity contribution in [2.45, 2.75) is 0 Å². The molecule has 0 saturated carbocycles. The number of aromatic nitrogens is 1. The molecule has 0 fully saturated rings. The average molecular weight is 339 g/mol. The molecular weight excluding hydrogens is 331 g/mol. The molecular formula is C13H8BrFN2OS. The van der Waals surface area contributed by atoms with E-state index in [9.17, 15) is 4.39 Å². The van der Waals surface area contributed by atoms with E-state index in [0.717, 1.165) is 9.35 Å². The third kappa shape index (κ3) is 2.17. The zero-order valence-corrected chi connectivity index (χ0v) is 12.0. The van der Waals surface area contributed by atoms with Gasteiger partial charge in [-0.1, -0.05) is 17.3 Å². The largest absolute Gasteiger partial charge is 0.367 e. The molecule has 3 rings (SSSR count). The standard InChI is InChI=1S/C13H8BrFN2OS/c14-9-4-5-19-12(9)11-10(13(16)18-17-11)7-2-1-3-8(15)6-7/h1-6H,16H2. The molecule has 2 heterocycles. The van der Waals surface area contributed by atoms with E-state index in [2.05, 4.69) is 21.1 Å². The highest BCUT2D eigenvalue weighted by atomic mass is 79.9. The van der Waals surface area contributed by atoms with E-state index in [1.807, 2.05) is 11.4 Å². The summed E-state index contributed by atoms with van der Waals surface area (Å²) < 4.78 is 19.3. The van der Waals surface area contributed by atoms with Crippen LogP contribution in [0.15, 0.2) is 44.7 Å². The van der Waals surface area contributed by atoms with Crippen LogP contribution in [0.2, 0.25) is 0 Å². The Morgan fingerprint density at radius 3 is 2.84 bits per heavy atom. The first-order chi connectivity index (χ1) is 9.16.